The van der Waals surface area contributed by atoms with Gasteiger partial charge < -0.3 is 39.7 Å². The molecule has 1 heterocycles. The van der Waals surface area contributed by atoms with Gasteiger partial charge in [-0.05, 0) is 30.2 Å². The van der Waals surface area contributed by atoms with Crippen molar-refractivity contribution in [2.75, 3.05) is 6.61 Å². The van der Waals surface area contributed by atoms with Crippen LogP contribution in [0.5, 0.6) is 0 Å². The van der Waals surface area contributed by atoms with E-state index in [9.17, 15) is 35.1 Å². The lowest BCUT2D eigenvalue weighted by atomic mass is 9.44. The van der Waals surface area contributed by atoms with E-state index in [1.165, 1.54) is 6.92 Å². The van der Waals surface area contributed by atoms with Gasteiger partial charge >= 0.3 is 11.9 Å². The maximum Gasteiger partial charge on any atom is 0.338 e. The Hall–Kier alpha value is -2.34. The Bertz CT molecular complexity index is 1200. The molecule has 3 aliphatic carbocycles. The Morgan fingerprint density at radius 2 is 1.69 bits per heavy atom. The summed E-state index contributed by atoms with van der Waals surface area (Å²) in [6.45, 7) is 7.57. The summed E-state index contributed by atoms with van der Waals surface area (Å²) in [6.07, 6.45) is -8.38. The van der Waals surface area contributed by atoms with Gasteiger partial charge in [0.05, 0.1) is 36.4 Å². The van der Waals surface area contributed by atoms with Gasteiger partial charge in [-0.1, -0.05) is 39.0 Å². The summed E-state index contributed by atoms with van der Waals surface area (Å²) in [6, 6.07) is 8.16. The van der Waals surface area contributed by atoms with E-state index in [1.54, 1.807) is 58.0 Å². The average molecular weight is 547 g/mol. The molecule has 10 atom stereocenters. The van der Waals surface area contributed by atoms with E-state index in [1.807, 2.05) is 0 Å². The molecule has 4 aliphatic rings. The maximum absolute atomic E-state index is 13.6. The number of esters is 2. The van der Waals surface area contributed by atoms with Gasteiger partial charge in [-0.3, -0.25) is 4.79 Å². The van der Waals surface area contributed by atoms with Crippen molar-refractivity contribution in [3.05, 3.63) is 47.0 Å². The van der Waals surface area contributed by atoms with E-state index in [2.05, 4.69) is 0 Å². The van der Waals surface area contributed by atoms with Gasteiger partial charge in [0, 0.05) is 30.6 Å². The highest BCUT2D eigenvalue weighted by molar-refractivity contribution is 5.89. The maximum atomic E-state index is 13.6. The van der Waals surface area contributed by atoms with Crippen LogP contribution in [0.4, 0.5) is 0 Å². The zero-order valence-electron chi connectivity index (χ0n) is 22.8. The predicted molar refractivity (Wildman–Crippen MR) is 136 cm³/mol. The highest BCUT2D eigenvalue weighted by atomic mass is 16.6. The standard InChI is InChI=1S/C29H38O10/c1-14-17(31)12-29(36)24(38-25(35)16-9-7-6-8-10-16)22-27(5,23(34)21(33)20(14)26(29,3)4)18(32)11-19-28(22,13-37-19)39-15(2)30/h6-10,17-19,21-24,31-34,36H,11-13H2,1-5H3/t17?,18-,19+,21+,22?,23+,24-,27+,28-,29+/m0/s1. The van der Waals surface area contributed by atoms with Crippen LogP contribution in [0, 0.1) is 16.7 Å². The molecule has 2 unspecified atom stereocenters. The zero-order valence-corrected chi connectivity index (χ0v) is 22.8. The van der Waals surface area contributed by atoms with Crippen LogP contribution < -0.4 is 0 Å². The van der Waals surface area contributed by atoms with Crippen molar-refractivity contribution in [3.63, 3.8) is 0 Å². The number of aliphatic hydroxyl groups is 5. The minimum atomic E-state index is -2.02. The summed E-state index contributed by atoms with van der Waals surface area (Å²) in [5.74, 6) is -2.66. The van der Waals surface area contributed by atoms with E-state index < -0.39 is 76.5 Å². The molecule has 5 N–H and O–H groups in total. The molecule has 3 fully saturated rings. The minimum absolute atomic E-state index is 0.0219. The SMILES string of the molecule is CC(=O)O[C@@]12CO[C@@H]1C[C@H](O)[C@]1(C)C2[C@H](OC(=O)c2ccccc2)[C@]2(O)CC(O)C(C)=C([C@@H](O)[C@H]1O)C2(C)C. The van der Waals surface area contributed by atoms with Gasteiger partial charge in [0.1, 0.15) is 23.9 Å². The molecule has 1 aliphatic heterocycles. The third kappa shape index (κ3) is 3.69. The van der Waals surface area contributed by atoms with Crippen molar-refractivity contribution < 1.29 is 49.3 Å². The Balaban J connectivity index is 1.80. The van der Waals surface area contributed by atoms with Crippen molar-refractivity contribution >= 4 is 11.9 Å². The first kappa shape index (κ1) is 28.2. The van der Waals surface area contributed by atoms with Crippen LogP contribution in [-0.4, -0.2) is 91.9 Å². The highest BCUT2D eigenvalue weighted by Gasteiger charge is 2.77. The largest absolute Gasteiger partial charge is 0.455 e. The second kappa shape index (κ2) is 9.09. The smallest absolute Gasteiger partial charge is 0.338 e. The Morgan fingerprint density at radius 1 is 1.05 bits per heavy atom. The molecule has 1 aromatic carbocycles. The average Bonchev–Trinajstić information content (AvgIpc) is 2.87. The first-order chi connectivity index (χ1) is 18.1. The predicted octanol–water partition coefficient (Wildman–Crippen LogP) is 0.874. The number of ether oxygens (including phenoxy) is 3. The first-order valence-electron chi connectivity index (χ1n) is 13.4. The number of benzene rings is 1. The molecule has 2 saturated carbocycles. The lowest BCUT2D eigenvalue weighted by Crippen LogP contribution is -2.82. The van der Waals surface area contributed by atoms with Crippen LogP contribution in [0.1, 0.15) is 57.8 Å². The number of fused-ring (bicyclic) bond motifs is 5. The molecule has 1 saturated heterocycles. The Morgan fingerprint density at radius 3 is 2.26 bits per heavy atom. The van der Waals surface area contributed by atoms with Crippen LogP contribution in [-0.2, 0) is 19.0 Å². The molecule has 0 aromatic heterocycles. The molecule has 1 aromatic rings. The highest BCUT2D eigenvalue weighted by Crippen LogP contribution is 2.64. The topological polar surface area (TPSA) is 163 Å². The third-order valence-corrected chi connectivity index (χ3v) is 10.2. The Kier molecular flexibility index (Phi) is 6.57. The van der Waals surface area contributed by atoms with Crippen LogP contribution in [0.15, 0.2) is 41.5 Å². The van der Waals surface area contributed by atoms with Gasteiger partial charge in [0.15, 0.2) is 5.60 Å². The zero-order chi connectivity index (χ0) is 28.7. The second-order valence-electron chi connectivity index (χ2n) is 12.4. The number of rotatable bonds is 3. The van der Waals surface area contributed by atoms with E-state index in [0.717, 1.165) is 0 Å². The monoisotopic (exact) mass is 546 g/mol. The number of carbonyl (C=O) groups excluding carboxylic acids is 2. The van der Waals surface area contributed by atoms with Crippen LogP contribution in [0.2, 0.25) is 0 Å². The van der Waals surface area contributed by atoms with Crippen molar-refractivity contribution in [1.29, 1.82) is 0 Å². The molecule has 0 amide bonds. The molecule has 2 bridgehead atoms. The molecular formula is C29H38O10. The van der Waals surface area contributed by atoms with Crippen LogP contribution in [0.25, 0.3) is 0 Å². The van der Waals surface area contributed by atoms with Gasteiger partial charge in [0.25, 0.3) is 0 Å². The molecule has 0 radical (unpaired) electrons. The lowest BCUT2D eigenvalue weighted by molar-refractivity contribution is -0.365. The van der Waals surface area contributed by atoms with E-state index in [4.69, 9.17) is 14.2 Å². The summed E-state index contributed by atoms with van der Waals surface area (Å²) in [7, 11) is 0. The van der Waals surface area contributed by atoms with Crippen molar-refractivity contribution in [2.24, 2.45) is 16.7 Å². The molecule has 39 heavy (non-hydrogen) atoms. The molecule has 10 heteroatoms. The summed E-state index contributed by atoms with van der Waals surface area (Å²) < 4.78 is 17.8. The Labute approximate surface area is 227 Å². The quantitative estimate of drug-likeness (QED) is 0.272. The normalized spacial score (nSPS) is 44.6. The summed E-state index contributed by atoms with van der Waals surface area (Å²) in [4.78, 5) is 26.0. The summed E-state index contributed by atoms with van der Waals surface area (Å²) in [5, 5.41) is 58.8. The lowest BCUT2D eigenvalue weighted by Gasteiger charge is -2.69. The molecule has 214 valence electrons. The van der Waals surface area contributed by atoms with Gasteiger partial charge in [0.2, 0.25) is 0 Å². The van der Waals surface area contributed by atoms with Gasteiger partial charge in [-0.15, -0.1) is 0 Å². The fourth-order valence-corrected chi connectivity index (χ4v) is 7.88. The summed E-state index contributed by atoms with van der Waals surface area (Å²) >= 11 is 0. The van der Waals surface area contributed by atoms with E-state index in [-0.39, 0.29) is 30.6 Å². The third-order valence-electron chi connectivity index (χ3n) is 10.2. The molecule has 10 nitrogen and oxygen atoms in total. The minimum Gasteiger partial charge on any atom is -0.455 e. The molecular weight excluding hydrogens is 508 g/mol. The number of carbonyl (C=O) groups is 2. The van der Waals surface area contributed by atoms with Crippen LogP contribution >= 0.6 is 0 Å². The number of hydrogen-bond acceptors (Lipinski definition) is 10. The summed E-state index contributed by atoms with van der Waals surface area (Å²) in [5.41, 5.74) is -5.70. The van der Waals surface area contributed by atoms with Crippen molar-refractivity contribution in [1.82, 2.24) is 0 Å². The van der Waals surface area contributed by atoms with Gasteiger partial charge in [-0.25, -0.2) is 4.79 Å². The number of aliphatic hydroxyl groups excluding tert-OH is 4. The first-order valence-corrected chi connectivity index (χ1v) is 13.4. The number of hydrogen-bond donors (Lipinski definition) is 5. The van der Waals surface area contributed by atoms with Crippen molar-refractivity contribution in [2.45, 2.75) is 95.3 Å². The van der Waals surface area contributed by atoms with E-state index >= 15 is 0 Å². The van der Waals surface area contributed by atoms with E-state index in [0.29, 0.717) is 5.57 Å². The fourth-order valence-electron chi connectivity index (χ4n) is 7.88. The second-order valence-corrected chi connectivity index (χ2v) is 12.4. The van der Waals surface area contributed by atoms with Gasteiger partial charge in [-0.2, -0.15) is 0 Å². The fraction of sp³-hybridized carbons (Fsp3) is 0.655. The molecule has 5 rings (SSSR count). The van der Waals surface area contributed by atoms with Crippen molar-refractivity contribution in [3.8, 4) is 0 Å². The van der Waals surface area contributed by atoms with Crippen LogP contribution in [0.3, 0.4) is 0 Å². The molecule has 0 spiro atoms.